The maximum absolute atomic E-state index is 12.2. The van der Waals surface area contributed by atoms with Gasteiger partial charge in [0.25, 0.3) is 0 Å². The molecule has 1 amide bonds. The third-order valence-corrected chi connectivity index (χ3v) is 3.90. The molecule has 0 atom stereocenters. The van der Waals surface area contributed by atoms with E-state index < -0.39 is 12.8 Å². The van der Waals surface area contributed by atoms with Gasteiger partial charge in [-0.15, -0.1) is 0 Å². The molecule has 0 saturated heterocycles. The molecule has 1 aromatic heterocycles. The van der Waals surface area contributed by atoms with E-state index in [4.69, 9.17) is 9.26 Å². The molecule has 0 saturated carbocycles. The molecule has 3 aromatic rings. The summed E-state index contributed by atoms with van der Waals surface area (Å²) >= 11 is 0. The molecule has 2 aromatic carbocycles. The Hall–Kier alpha value is -3.56. The fraction of sp³-hybridized carbons (Fsp3) is 0.250. The molecule has 3 rings (SSSR count). The van der Waals surface area contributed by atoms with Crippen molar-refractivity contribution in [2.24, 2.45) is 0 Å². The molecule has 0 aliphatic carbocycles. The van der Waals surface area contributed by atoms with Crippen LogP contribution in [0, 0.1) is 0 Å². The maximum atomic E-state index is 12.2. The van der Waals surface area contributed by atoms with Crippen molar-refractivity contribution in [2.75, 3.05) is 19.0 Å². The molecule has 7 nitrogen and oxygen atoms in total. The minimum atomic E-state index is -4.44. The zero-order valence-corrected chi connectivity index (χ0v) is 15.9. The predicted molar refractivity (Wildman–Crippen MR) is 101 cm³/mol. The predicted octanol–water partition coefficient (Wildman–Crippen LogP) is 4.26. The van der Waals surface area contributed by atoms with E-state index in [2.05, 4.69) is 20.2 Å². The summed E-state index contributed by atoms with van der Waals surface area (Å²) in [7, 11) is 1.57. The van der Waals surface area contributed by atoms with Gasteiger partial charge < -0.3 is 19.3 Å². The molecule has 1 heterocycles. The fourth-order valence-electron chi connectivity index (χ4n) is 2.49. The number of rotatable bonds is 8. The second-order valence-corrected chi connectivity index (χ2v) is 6.22. The van der Waals surface area contributed by atoms with Gasteiger partial charge in [-0.3, -0.25) is 4.79 Å². The summed E-state index contributed by atoms with van der Waals surface area (Å²) in [5.41, 5.74) is 1.06. The Bertz CT molecular complexity index is 987. The van der Waals surface area contributed by atoms with Crippen LogP contribution >= 0.6 is 0 Å². The summed E-state index contributed by atoms with van der Waals surface area (Å²) in [5.74, 6) is 1.03. The van der Waals surface area contributed by atoms with Crippen molar-refractivity contribution >= 4 is 11.6 Å². The van der Waals surface area contributed by atoms with Crippen LogP contribution in [0.2, 0.25) is 0 Å². The van der Waals surface area contributed by atoms with Crippen LogP contribution in [-0.4, -0.2) is 35.9 Å². The van der Waals surface area contributed by atoms with Crippen LogP contribution in [0.25, 0.3) is 11.4 Å². The van der Waals surface area contributed by atoms with Crippen molar-refractivity contribution < 1.29 is 32.0 Å². The highest BCUT2D eigenvalue weighted by Crippen LogP contribution is 2.22. The number of hydrogen-bond acceptors (Lipinski definition) is 6. The van der Waals surface area contributed by atoms with Crippen LogP contribution in [0.5, 0.6) is 11.5 Å². The average Bonchev–Trinajstić information content (AvgIpc) is 3.20. The Morgan fingerprint density at radius 3 is 2.60 bits per heavy atom. The van der Waals surface area contributed by atoms with Crippen molar-refractivity contribution in [1.82, 2.24) is 10.1 Å². The van der Waals surface area contributed by atoms with Crippen LogP contribution in [0.3, 0.4) is 0 Å². The van der Waals surface area contributed by atoms with Gasteiger partial charge in [-0.1, -0.05) is 11.2 Å². The first-order valence-corrected chi connectivity index (χ1v) is 8.89. The van der Waals surface area contributed by atoms with Gasteiger partial charge in [0.2, 0.25) is 17.6 Å². The number of amides is 1. The highest BCUT2D eigenvalue weighted by atomic mass is 19.4. The lowest BCUT2D eigenvalue weighted by atomic mass is 10.2. The van der Waals surface area contributed by atoms with Crippen LogP contribution < -0.4 is 14.8 Å². The van der Waals surface area contributed by atoms with Crippen molar-refractivity contribution in [1.29, 1.82) is 0 Å². The number of ether oxygens (including phenoxy) is 2. The minimum absolute atomic E-state index is 0.00570. The number of methoxy groups -OCH3 is 1. The highest BCUT2D eigenvalue weighted by Gasteiger charge is 2.28. The third-order valence-electron chi connectivity index (χ3n) is 3.90. The second kappa shape index (κ2) is 9.29. The number of hydrogen-bond donors (Lipinski definition) is 1. The summed E-state index contributed by atoms with van der Waals surface area (Å²) in [5, 5.41) is 6.49. The molecule has 1 N–H and O–H groups in total. The Kier molecular flexibility index (Phi) is 6.55. The van der Waals surface area contributed by atoms with Gasteiger partial charge in [-0.05, 0) is 36.4 Å². The van der Waals surface area contributed by atoms with Gasteiger partial charge in [0.15, 0.2) is 6.61 Å². The van der Waals surface area contributed by atoms with Gasteiger partial charge in [0.05, 0.1) is 7.11 Å². The van der Waals surface area contributed by atoms with Crippen molar-refractivity contribution in [3.63, 3.8) is 0 Å². The molecule has 0 unspecified atom stereocenters. The van der Waals surface area contributed by atoms with Crippen LogP contribution in [0.1, 0.15) is 12.3 Å². The van der Waals surface area contributed by atoms with Gasteiger partial charge in [0.1, 0.15) is 11.5 Å². The normalized spacial score (nSPS) is 11.2. The lowest BCUT2D eigenvalue weighted by Gasteiger charge is -2.10. The van der Waals surface area contributed by atoms with Crippen molar-refractivity contribution in [3.8, 4) is 22.9 Å². The van der Waals surface area contributed by atoms with E-state index in [1.54, 1.807) is 37.4 Å². The summed E-state index contributed by atoms with van der Waals surface area (Å²) in [6.07, 6.45) is -4.18. The monoisotopic (exact) mass is 421 g/mol. The van der Waals surface area contributed by atoms with Gasteiger partial charge in [-0.2, -0.15) is 18.2 Å². The number of aromatic nitrogens is 2. The molecule has 30 heavy (non-hydrogen) atoms. The number of benzene rings is 2. The smallest absolute Gasteiger partial charge is 0.422 e. The van der Waals surface area contributed by atoms with E-state index in [-0.39, 0.29) is 24.5 Å². The number of aryl methyl sites for hydroxylation is 1. The molecular formula is C20H18F3N3O4. The van der Waals surface area contributed by atoms with Crippen LogP contribution in [0.4, 0.5) is 18.9 Å². The zero-order chi connectivity index (χ0) is 21.6. The van der Waals surface area contributed by atoms with E-state index in [1.165, 1.54) is 18.2 Å². The largest absolute Gasteiger partial charge is 0.497 e. The molecular weight excluding hydrogens is 403 g/mol. The molecule has 0 spiro atoms. The Labute approximate surface area is 169 Å². The quantitative estimate of drug-likeness (QED) is 0.585. The maximum Gasteiger partial charge on any atom is 0.422 e. The highest BCUT2D eigenvalue weighted by molar-refractivity contribution is 5.90. The Morgan fingerprint density at radius 1 is 1.13 bits per heavy atom. The van der Waals surface area contributed by atoms with Gasteiger partial charge in [0, 0.05) is 30.2 Å². The van der Waals surface area contributed by atoms with Gasteiger partial charge >= 0.3 is 6.18 Å². The fourth-order valence-corrected chi connectivity index (χ4v) is 2.49. The number of carbonyl (C=O) groups is 1. The summed E-state index contributed by atoms with van der Waals surface area (Å²) in [6.45, 7) is -1.40. The van der Waals surface area contributed by atoms with Gasteiger partial charge in [-0.25, -0.2) is 0 Å². The number of alkyl halides is 3. The van der Waals surface area contributed by atoms with Crippen molar-refractivity contribution in [3.05, 3.63) is 54.4 Å². The lowest BCUT2D eigenvalue weighted by Crippen LogP contribution is -2.19. The Morgan fingerprint density at radius 2 is 1.90 bits per heavy atom. The van der Waals surface area contributed by atoms with Crippen LogP contribution in [0.15, 0.2) is 53.1 Å². The van der Waals surface area contributed by atoms with Crippen LogP contribution in [-0.2, 0) is 11.2 Å². The molecule has 0 aliphatic heterocycles. The third kappa shape index (κ3) is 6.23. The first-order chi connectivity index (χ1) is 14.3. The summed E-state index contributed by atoms with van der Waals surface area (Å²) in [6, 6.07) is 12.8. The summed E-state index contributed by atoms with van der Waals surface area (Å²) < 4.78 is 51.6. The molecule has 0 bridgehead atoms. The number of carbonyl (C=O) groups excluding carboxylic acids is 1. The second-order valence-electron chi connectivity index (χ2n) is 6.22. The first-order valence-electron chi connectivity index (χ1n) is 8.89. The minimum Gasteiger partial charge on any atom is -0.497 e. The topological polar surface area (TPSA) is 86.5 Å². The number of anilines is 1. The summed E-state index contributed by atoms with van der Waals surface area (Å²) in [4.78, 5) is 16.4. The van der Waals surface area contributed by atoms with E-state index in [1.807, 2.05) is 0 Å². The number of nitrogens with one attached hydrogen (secondary N) is 1. The van der Waals surface area contributed by atoms with E-state index in [0.29, 0.717) is 23.2 Å². The lowest BCUT2D eigenvalue weighted by molar-refractivity contribution is -0.153. The number of nitrogens with zero attached hydrogens (tertiary/aromatic N) is 2. The SMILES string of the molecule is COc1ccc(-c2noc(CCC(=O)Nc3cccc(OCC(F)(F)F)c3)n2)cc1. The first kappa shape index (κ1) is 21.2. The number of halogens is 3. The molecule has 0 aliphatic rings. The standard InChI is InChI=1S/C20H18F3N3O4/c1-28-15-7-5-13(6-8-15)19-25-18(30-26-19)10-9-17(27)24-14-3-2-4-16(11-14)29-12-20(21,22)23/h2-8,11H,9-10,12H2,1H3,(H,24,27). The molecule has 158 valence electrons. The van der Waals surface area contributed by atoms with E-state index >= 15 is 0 Å². The van der Waals surface area contributed by atoms with E-state index in [9.17, 15) is 18.0 Å². The molecule has 0 fully saturated rings. The molecule has 10 heteroatoms. The zero-order valence-electron chi connectivity index (χ0n) is 15.9. The molecule has 0 radical (unpaired) electrons. The van der Waals surface area contributed by atoms with Crippen molar-refractivity contribution in [2.45, 2.75) is 19.0 Å². The average molecular weight is 421 g/mol. The Balaban J connectivity index is 1.52. The van der Waals surface area contributed by atoms with E-state index in [0.717, 1.165) is 5.56 Å².